The van der Waals surface area contributed by atoms with E-state index in [4.69, 9.17) is 5.11 Å². The molecule has 0 aliphatic heterocycles. The number of benzene rings is 1. The lowest BCUT2D eigenvalue weighted by molar-refractivity contribution is -0.121. The van der Waals surface area contributed by atoms with Crippen molar-refractivity contribution in [3.05, 3.63) is 33.8 Å². The molecular weight excluding hydrogens is 306 g/mol. The molecule has 1 amide bonds. The number of aryl methyl sites for hydroxylation is 2. The second kappa shape index (κ2) is 8.33. The lowest BCUT2D eigenvalue weighted by atomic mass is 10.1. The third-order valence-electron chi connectivity index (χ3n) is 3.13. The Labute approximate surface area is 123 Å². The SMILES string of the molecule is Cc1cc(CCC(=O)NCC(C)CCO)ccc1Br. The van der Waals surface area contributed by atoms with Gasteiger partial charge in [0.2, 0.25) is 5.91 Å². The van der Waals surface area contributed by atoms with Crippen LogP contribution in [0.15, 0.2) is 22.7 Å². The van der Waals surface area contributed by atoms with Gasteiger partial charge in [-0.05, 0) is 42.9 Å². The van der Waals surface area contributed by atoms with Crippen LogP contribution in [0.4, 0.5) is 0 Å². The number of amides is 1. The first-order valence-corrected chi connectivity index (χ1v) is 7.44. The molecule has 0 saturated heterocycles. The van der Waals surface area contributed by atoms with Crippen molar-refractivity contribution >= 4 is 21.8 Å². The van der Waals surface area contributed by atoms with E-state index >= 15 is 0 Å². The van der Waals surface area contributed by atoms with Gasteiger partial charge in [-0.25, -0.2) is 0 Å². The number of rotatable bonds is 7. The van der Waals surface area contributed by atoms with Crippen molar-refractivity contribution in [3.63, 3.8) is 0 Å². The van der Waals surface area contributed by atoms with Crippen molar-refractivity contribution in [3.8, 4) is 0 Å². The van der Waals surface area contributed by atoms with E-state index in [0.717, 1.165) is 17.3 Å². The summed E-state index contributed by atoms with van der Waals surface area (Å²) in [5.41, 5.74) is 2.37. The van der Waals surface area contributed by atoms with Gasteiger partial charge in [0.25, 0.3) is 0 Å². The zero-order chi connectivity index (χ0) is 14.3. The Balaban J connectivity index is 2.31. The van der Waals surface area contributed by atoms with E-state index < -0.39 is 0 Å². The summed E-state index contributed by atoms with van der Waals surface area (Å²) in [6.07, 6.45) is 1.99. The third kappa shape index (κ3) is 6.21. The lowest BCUT2D eigenvalue weighted by Crippen LogP contribution is -2.28. The van der Waals surface area contributed by atoms with Gasteiger partial charge < -0.3 is 10.4 Å². The van der Waals surface area contributed by atoms with E-state index in [1.54, 1.807) is 0 Å². The summed E-state index contributed by atoms with van der Waals surface area (Å²) < 4.78 is 1.10. The van der Waals surface area contributed by atoms with E-state index in [1.165, 1.54) is 11.1 Å². The highest BCUT2D eigenvalue weighted by molar-refractivity contribution is 9.10. The molecule has 1 unspecified atom stereocenters. The molecule has 0 radical (unpaired) electrons. The van der Waals surface area contributed by atoms with E-state index in [0.29, 0.717) is 18.9 Å². The predicted octanol–water partition coefficient (Wildman–Crippen LogP) is 2.82. The number of hydrogen-bond acceptors (Lipinski definition) is 2. The van der Waals surface area contributed by atoms with Gasteiger partial charge >= 0.3 is 0 Å². The van der Waals surface area contributed by atoms with Gasteiger partial charge in [0, 0.05) is 24.0 Å². The summed E-state index contributed by atoms with van der Waals surface area (Å²) in [4.78, 5) is 11.7. The molecule has 0 fully saturated rings. The standard InChI is InChI=1S/C15H22BrNO2/c1-11(7-8-18)10-17-15(19)6-4-13-3-5-14(16)12(2)9-13/h3,5,9,11,18H,4,6-8,10H2,1-2H3,(H,17,19). The minimum Gasteiger partial charge on any atom is -0.396 e. The number of halogens is 1. The van der Waals surface area contributed by atoms with Crippen LogP contribution in [-0.4, -0.2) is 24.2 Å². The average molecular weight is 328 g/mol. The van der Waals surface area contributed by atoms with Crippen LogP contribution in [0.25, 0.3) is 0 Å². The highest BCUT2D eigenvalue weighted by Crippen LogP contribution is 2.17. The molecule has 1 aromatic rings. The van der Waals surface area contributed by atoms with E-state index in [-0.39, 0.29) is 12.5 Å². The van der Waals surface area contributed by atoms with Gasteiger partial charge in [0.05, 0.1) is 0 Å². The first-order chi connectivity index (χ1) is 9.02. The molecule has 0 spiro atoms. The van der Waals surface area contributed by atoms with Crippen LogP contribution in [0.5, 0.6) is 0 Å². The Morgan fingerprint density at radius 3 is 2.84 bits per heavy atom. The molecule has 0 aromatic heterocycles. The number of nitrogens with one attached hydrogen (secondary N) is 1. The molecule has 3 nitrogen and oxygen atoms in total. The predicted molar refractivity (Wildman–Crippen MR) is 81.1 cm³/mol. The molecule has 2 N–H and O–H groups in total. The van der Waals surface area contributed by atoms with Crippen LogP contribution in [-0.2, 0) is 11.2 Å². The Hall–Kier alpha value is -0.870. The maximum atomic E-state index is 11.7. The van der Waals surface area contributed by atoms with Crippen molar-refractivity contribution in [2.45, 2.75) is 33.1 Å². The van der Waals surface area contributed by atoms with Gasteiger partial charge in [-0.3, -0.25) is 4.79 Å². The number of aliphatic hydroxyl groups excluding tert-OH is 1. The Kier molecular flexibility index (Phi) is 7.10. The maximum Gasteiger partial charge on any atom is 0.220 e. The van der Waals surface area contributed by atoms with Crippen LogP contribution in [0, 0.1) is 12.8 Å². The normalized spacial score (nSPS) is 12.2. The zero-order valence-electron chi connectivity index (χ0n) is 11.6. The van der Waals surface area contributed by atoms with E-state index in [1.807, 2.05) is 26.0 Å². The van der Waals surface area contributed by atoms with Crippen LogP contribution >= 0.6 is 15.9 Å². The second-order valence-corrected chi connectivity index (χ2v) is 5.86. The minimum atomic E-state index is 0.0744. The maximum absolute atomic E-state index is 11.7. The Bertz CT molecular complexity index is 421. The highest BCUT2D eigenvalue weighted by atomic mass is 79.9. The van der Waals surface area contributed by atoms with Gasteiger partial charge in [0.1, 0.15) is 0 Å². The molecule has 19 heavy (non-hydrogen) atoms. The fourth-order valence-electron chi connectivity index (χ4n) is 1.82. The van der Waals surface area contributed by atoms with Gasteiger partial charge in [-0.1, -0.05) is 35.0 Å². The molecule has 4 heteroatoms. The molecule has 1 rings (SSSR count). The van der Waals surface area contributed by atoms with Crippen molar-refractivity contribution in [2.75, 3.05) is 13.2 Å². The molecule has 0 aliphatic rings. The molecule has 0 heterocycles. The van der Waals surface area contributed by atoms with Crippen LogP contribution in [0.2, 0.25) is 0 Å². The molecule has 106 valence electrons. The molecule has 1 aromatic carbocycles. The fraction of sp³-hybridized carbons (Fsp3) is 0.533. The van der Waals surface area contributed by atoms with Crippen LogP contribution < -0.4 is 5.32 Å². The number of carbonyl (C=O) groups is 1. The van der Waals surface area contributed by atoms with Gasteiger partial charge in [-0.15, -0.1) is 0 Å². The summed E-state index contributed by atoms with van der Waals surface area (Å²) in [5.74, 6) is 0.397. The Morgan fingerprint density at radius 2 is 2.21 bits per heavy atom. The van der Waals surface area contributed by atoms with Gasteiger partial charge in [-0.2, -0.15) is 0 Å². The molecular formula is C15H22BrNO2. The molecule has 0 aliphatic carbocycles. The summed E-state index contributed by atoms with van der Waals surface area (Å²) in [7, 11) is 0. The lowest BCUT2D eigenvalue weighted by Gasteiger charge is -2.11. The van der Waals surface area contributed by atoms with Crippen molar-refractivity contribution < 1.29 is 9.90 Å². The quantitative estimate of drug-likeness (QED) is 0.809. The second-order valence-electron chi connectivity index (χ2n) is 5.01. The molecule has 0 bridgehead atoms. The summed E-state index contributed by atoms with van der Waals surface area (Å²) in [6.45, 7) is 4.88. The van der Waals surface area contributed by atoms with E-state index in [9.17, 15) is 4.79 Å². The highest BCUT2D eigenvalue weighted by Gasteiger charge is 2.06. The number of aliphatic hydroxyl groups is 1. The fourth-order valence-corrected chi connectivity index (χ4v) is 2.07. The topological polar surface area (TPSA) is 49.3 Å². The zero-order valence-corrected chi connectivity index (χ0v) is 13.2. The largest absolute Gasteiger partial charge is 0.396 e. The smallest absolute Gasteiger partial charge is 0.220 e. The van der Waals surface area contributed by atoms with Crippen molar-refractivity contribution in [1.29, 1.82) is 0 Å². The van der Waals surface area contributed by atoms with Crippen LogP contribution in [0.1, 0.15) is 30.9 Å². The summed E-state index contributed by atoms with van der Waals surface area (Å²) in [6, 6.07) is 6.16. The molecule has 0 saturated carbocycles. The van der Waals surface area contributed by atoms with E-state index in [2.05, 4.69) is 27.3 Å². The van der Waals surface area contributed by atoms with Crippen molar-refractivity contribution in [2.24, 2.45) is 5.92 Å². The number of hydrogen-bond donors (Lipinski definition) is 2. The summed E-state index contributed by atoms with van der Waals surface area (Å²) >= 11 is 3.47. The number of carbonyl (C=O) groups excluding carboxylic acids is 1. The molecule has 1 atom stereocenters. The first-order valence-electron chi connectivity index (χ1n) is 6.65. The first kappa shape index (κ1) is 16.2. The minimum absolute atomic E-state index is 0.0744. The monoisotopic (exact) mass is 327 g/mol. The van der Waals surface area contributed by atoms with Crippen LogP contribution in [0.3, 0.4) is 0 Å². The average Bonchev–Trinajstić information content (AvgIpc) is 2.38. The third-order valence-corrected chi connectivity index (χ3v) is 4.02. The van der Waals surface area contributed by atoms with Crippen molar-refractivity contribution in [1.82, 2.24) is 5.32 Å². The summed E-state index contributed by atoms with van der Waals surface area (Å²) in [5, 5.41) is 11.7. The van der Waals surface area contributed by atoms with Gasteiger partial charge in [0.15, 0.2) is 0 Å². The Morgan fingerprint density at radius 1 is 1.47 bits per heavy atom.